The third-order valence-electron chi connectivity index (χ3n) is 3.35. The third-order valence-corrected chi connectivity index (χ3v) is 4.29. The zero-order valence-electron chi connectivity index (χ0n) is 10.1. The maximum absolute atomic E-state index is 8.75. The molecule has 1 aliphatic heterocycles. The maximum atomic E-state index is 8.75. The first-order valence-corrected chi connectivity index (χ1v) is 6.96. The Morgan fingerprint density at radius 3 is 3.00 bits per heavy atom. The SMILES string of the molecule is CC(NCc1cc(C#N)cs1)C1CCOCC1. The van der Waals surface area contributed by atoms with Crippen LogP contribution in [-0.2, 0) is 11.3 Å². The van der Waals surface area contributed by atoms with Crippen molar-refractivity contribution < 1.29 is 4.74 Å². The molecule has 0 amide bonds. The second kappa shape index (κ2) is 6.15. The van der Waals surface area contributed by atoms with Crippen molar-refractivity contribution in [2.75, 3.05) is 13.2 Å². The first-order chi connectivity index (χ1) is 8.29. The van der Waals surface area contributed by atoms with E-state index in [1.807, 2.05) is 11.4 Å². The van der Waals surface area contributed by atoms with E-state index < -0.39 is 0 Å². The van der Waals surface area contributed by atoms with Crippen LogP contribution in [0, 0.1) is 17.2 Å². The van der Waals surface area contributed by atoms with Crippen LogP contribution in [0.2, 0.25) is 0 Å². The van der Waals surface area contributed by atoms with Gasteiger partial charge in [-0.2, -0.15) is 5.26 Å². The van der Waals surface area contributed by atoms with E-state index in [2.05, 4.69) is 18.3 Å². The Kier molecular flexibility index (Phi) is 4.55. The lowest BCUT2D eigenvalue weighted by molar-refractivity contribution is 0.0558. The van der Waals surface area contributed by atoms with Gasteiger partial charge in [0.25, 0.3) is 0 Å². The molecule has 1 N–H and O–H groups in total. The number of ether oxygens (including phenoxy) is 1. The Labute approximate surface area is 106 Å². The van der Waals surface area contributed by atoms with E-state index in [1.54, 1.807) is 11.3 Å². The lowest BCUT2D eigenvalue weighted by atomic mass is 9.93. The summed E-state index contributed by atoms with van der Waals surface area (Å²) >= 11 is 1.65. The largest absolute Gasteiger partial charge is 0.381 e. The summed E-state index contributed by atoms with van der Waals surface area (Å²) < 4.78 is 5.37. The summed E-state index contributed by atoms with van der Waals surface area (Å²) in [7, 11) is 0. The zero-order chi connectivity index (χ0) is 12.1. The molecule has 1 aliphatic rings. The zero-order valence-corrected chi connectivity index (χ0v) is 10.9. The van der Waals surface area contributed by atoms with Crippen LogP contribution in [-0.4, -0.2) is 19.3 Å². The first-order valence-electron chi connectivity index (χ1n) is 6.08. The van der Waals surface area contributed by atoms with Crippen LogP contribution >= 0.6 is 11.3 Å². The van der Waals surface area contributed by atoms with Gasteiger partial charge in [0.05, 0.1) is 5.56 Å². The van der Waals surface area contributed by atoms with Gasteiger partial charge in [0.15, 0.2) is 0 Å². The van der Waals surface area contributed by atoms with E-state index >= 15 is 0 Å². The van der Waals surface area contributed by atoms with Gasteiger partial charge in [-0.05, 0) is 31.7 Å². The van der Waals surface area contributed by atoms with Crippen molar-refractivity contribution in [1.29, 1.82) is 5.26 Å². The van der Waals surface area contributed by atoms with Crippen LogP contribution in [0.3, 0.4) is 0 Å². The van der Waals surface area contributed by atoms with Crippen molar-refractivity contribution in [2.24, 2.45) is 5.92 Å². The van der Waals surface area contributed by atoms with Crippen molar-refractivity contribution in [3.63, 3.8) is 0 Å². The number of nitriles is 1. The van der Waals surface area contributed by atoms with E-state index in [0.29, 0.717) is 6.04 Å². The molecular formula is C13H18N2OS. The normalized spacial score (nSPS) is 18.8. The highest BCUT2D eigenvalue weighted by atomic mass is 32.1. The van der Waals surface area contributed by atoms with Gasteiger partial charge < -0.3 is 10.1 Å². The Balaban J connectivity index is 1.79. The first kappa shape index (κ1) is 12.6. The number of nitrogens with one attached hydrogen (secondary N) is 1. The smallest absolute Gasteiger partial charge is 0.100 e. The van der Waals surface area contributed by atoms with Crippen molar-refractivity contribution in [2.45, 2.75) is 32.4 Å². The number of thiophene rings is 1. The van der Waals surface area contributed by atoms with Gasteiger partial charge in [0, 0.05) is 36.1 Å². The quantitative estimate of drug-likeness (QED) is 0.893. The van der Waals surface area contributed by atoms with Crippen LogP contribution in [0.4, 0.5) is 0 Å². The summed E-state index contributed by atoms with van der Waals surface area (Å²) in [6.45, 7) is 4.90. The summed E-state index contributed by atoms with van der Waals surface area (Å²) in [5, 5.41) is 14.2. The van der Waals surface area contributed by atoms with Gasteiger partial charge in [-0.3, -0.25) is 0 Å². The molecular weight excluding hydrogens is 232 g/mol. The average molecular weight is 250 g/mol. The average Bonchev–Trinajstić information content (AvgIpc) is 2.85. The molecule has 0 saturated carbocycles. The van der Waals surface area contributed by atoms with E-state index in [4.69, 9.17) is 10.00 Å². The molecule has 2 heterocycles. The molecule has 1 atom stereocenters. The van der Waals surface area contributed by atoms with Crippen LogP contribution in [0.15, 0.2) is 11.4 Å². The van der Waals surface area contributed by atoms with Gasteiger partial charge >= 0.3 is 0 Å². The van der Waals surface area contributed by atoms with Gasteiger partial charge in [-0.15, -0.1) is 11.3 Å². The summed E-state index contributed by atoms with van der Waals surface area (Å²) in [5.41, 5.74) is 0.769. The molecule has 1 aromatic rings. The van der Waals surface area contributed by atoms with Crippen molar-refractivity contribution >= 4 is 11.3 Å². The highest BCUT2D eigenvalue weighted by Gasteiger charge is 2.19. The highest BCUT2D eigenvalue weighted by molar-refractivity contribution is 7.10. The minimum Gasteiger partial charge on any atom is -0.381 e. The topological polar surface area (TPSA) is 45.0 Å². The van der Waals surface area contributed by atoms with Crippen molar-refractivity contribution in [1.82, 2.24) is 5.32 Å². The number of rotatable bonds is 4. The maximum Gasteiger partial charge on any atom is 0.100 e. The molecule has 92 valence electrons. The predicted molar refractivity (Wildman–Crippen MR) is 68.9 cm³/mol. The minimum atomic E-state index is 0.520. The van der Waals surface area contributed by atoms with E-state index in [9.17, 15) is 0 Å². The molecule has 17 heavy (non-hydrogen) atoms. The molecule has 4 heteroatoms. The fourth-order valence-corrected chi connectivity index (χ4v) is 2.94. The highest BCUT2D eigenvalue weighted by Crippen LogP contribution is 2.20. The molecule has 0 aromatic carbocycles. The molecule has 1 unspecified atom stereocenters. The summed E-state index contributed by atoms with van der Waals surface area (Å²) in [6.07, 6.45) is 2.31. The van der Waals surface area contributed by atoms with Crippen LogP contribution in [0.25, 0.3) is 0 Å². The molecule has 1 saturated heterocycles. The second-order valence-corrected chi connectivity index (χ2v) is 5.53. The van der Waals surface area contributed by atoms with Crippen LogP contribution < -0.4 is 5.32 Å². The van der Waals surface area contributed by atoms with Gasteiger partial charge in [0.1, 0.15) is 6.07 Å². The standard InChI is InChI=1S/C13H18N2OS/c1-10(12-2-4-16-5-3-12)15-8-13-6-11(7-14)9-17-13/h6,9-10,12,15H,2-5,8H2,1H3. The van der Waals surface area contributed by atoms with Crippen molar-refractivity contribution in [3.8, 4) is 6.07 Å². The monoisotopic (exact) mass is 250 g/mol. The molecule has 0 spiro atoms. The molecule has 0 aliphatic carbocycles. The molecule has 1 fully saturated rings. The second-order valence-electron chi connectivity index (χ2n) is 4.53. The summed E-state index contributed by atoms with van der Waals surface area (Å²) in [5.74, 6) is 0.721. The predicted octanol–water partition coefficient (Wildman–Crippen LogP) is 2.52. The summed E-state index contributed by atoms with van der Waals surface area (Å²) in [6, 6.07) is 4.65. The van der Waals surface area contributed by atoms with Crippen LogP contribution in [0.5, 0.6) is 0 Å². The Morgan fingerprint density at radius 1 is 1.59 bits per heavy atom. The fourth-order valence-electron chi connectivity index (χ4n) is 2.18. The van der Waals surface area contributed by atoms with Gasteiger partial charge in [0.2, 0.25) is 0 Å². The lowest BCUT2D eigenvalue weighted by Crippen LogP contribution is -2.36. The molecule has 0 radical (unpaired) electrons. The third kappa shape index (κ3) is 3.53. The molecule has 2 rings (SSSR count). The summed E-state index contributed by atoms with van der Waals surface area (Å²) in [4.78, 5) is 1.24. The van der Waals surface area contributed by atoms with Gasteiger partial charge in [-0.25, -0.2) is 0 Å². The Morgan fingerprint density at radius 2 is 2.35 bits per heavy atom. The number of nitrogens with zero attached hydrogens (tertiary/aromatic N) is 1. The Bertz CT molecular complexity index is 390. The fraction of sp³-hybridized carbons (Fsp3) is 0.615. The van der Waals surface area contributed by atoms with Crippen LogP contribution in [0.1, 0.15) is 30.2 Å². The van der Waals surface area contributed by atoms with E-state index in [-0.39, 0.29) is 0 Å². The molecule has 1 aromatic heterocycles. The Hall–Kier alpha value is -0.890. The van der Waals surface area contributed by atoms with Gasteiger partial charge in [-0.1, -0.05) is 0 Å². The minimum absolute atomic E-state index is 0.520. The molecule has 3 nitrogen and oxygen atoms in total. The molecule has 0 bridgehead atoms. The van der Waals surface area contributed by atoms with E-state index in [0.717, 1.165) is 44.1 Å². The lowest BCUT2D eigenvalue weighted by Gasteiger charge is -2.28. The van der Waals surface area contributed by atoms with Crippen molar-refractivity contribution in [3.05, 3.63) is 21.9 Å². The number of hydrogen-bond acceptors (Lipinski definition) is 4. The number of hydrogen-bond donors (Lipinski definition) is 1. The van der Waals surface area contributed by atoms with E-state index in [1.165, 1.54) is 4.88 Å².